The lowest BCUT2D eigenvalue weighted by Crippen LogP contribution is -2.51. The molecule has 1 atom stereocenters. The van der Waals surface area contributed by atoms with E-state index in [0.717, 1.165) is 27.0 Å². The van der Waals surface area contributed by atoms with Crippen LogP contribution in [0.5, 0.6) is 11.5 Å². The largest absolute Gasteiger partial charge is 0.454 e. The molecule has 184 valence electrons. The van der Waals surface area contributed by atoms with E-state index < -0.39 is 28.5 Å². The van der Waals surface area contributed by atoms with E-state index >= 15 is 0 Å². The third-order valence-corrected chi connectivity index (χ3v) is 6.92. The van der Waals surface area contributed by atoms with Gasteiger partial charge in [-0.3, -0.25) is 13.9 Å². The monoisotopic (exact) mass is 553 g/mol. The third-order valence-electron chi connectivity index (χ3n) is 5.28. The summed E-state index contributed by atoms with van der Waals surface area (Å²) >= 11 is 3.42. The van der Waals surface area contributed by atoms with E-state index in [9.17, 15) is 18.0 Å². The summed E-state index contributed by atoms with van der Waals surface area (Å²) < 4.78 is 37.8. The summed E-state index contributed by atoms with van der Waals surface area (Å²) in [7, 11) is -3.82. The van der Waals surface area contributed by atoms with Gasteiger partial charge in [0.25, 0.3) is 0 Å². The van der Waals surface area contributed by atoms with Crippen molar-refractivity contribution in [3.63, 3.8) is 0 Å². The predicted molar refractivity (Wildman–Crippen MR) is 132 cm³/mol. The maximum atomic E-state index is 13.5. The molecule has 1 heterocycles. The Morgan fingerprint density at radius 3 is 2.56 bits per heavy atom. The van der Waals surface area contributed by atoms with Gasteiger partial charge in [0.2, 0.25) is 28.6 Å². The normalized spacial score (nSPS) is 13.3. The van der Waals surface area contributed by atoms with E-state index in [4.69, 9.17) is 9.47 Å². The van der Waals surface area contributed by atoms with E-state index in [1.165, 1.54) is 11.0 Å². The van der Waals surface area contributed by atoms with E-state index in [-0.39, 0.29) is 24.9 Å². The van der Waals surface area contributed by atoms with Crippen molar-refractivity contribution >= 4 is 43.5 Å². The average molecular weight is 554 g/mol. The zero-order chi connectivity index (χ0) is 24.9. The van der Waals surface area contributed by atoms with Gasteiger partial charge in [0.05, 0.1) is 11.9 Å². The molecule has 0 aliphatic carbocycles. The quantitative estimate of drug-likeness (QED) is 0.485. The molecule has 0 aromatic heterocycles. The van der Waals surface area contributed by atoms with E-state index in [0.29, 0.717) is 18.0 Å². The smallest absolute Gasteiger partial charge is 0.244 e. The maximum absolute atomic E-state index is 13.5. The van der Waals surface area contributed by atoms with Crippen molar-refractivity contribution in [1.82, 2.24) is 10.2 Å². The number of nitrogens with zero attached hydrogens (tertiary/aromatic N) is 2. The minimum absolute atomic E-state index is 0.0430. The van der Waals surface area contributed by atoms with Gasteiger partial charge in [-0.2, -0.15) is 0 Å². The Morgan fingerprint density at radius 1 is 1.15 bits per heavy atom. The number of hydrogen-bond acceptors (Lipinski definition) is 6. The second-order valence-electron chi connectivity index (χ2n) is 7.93. The van der Waals surface area contributed by atoms with E-state index in [1.54, 1.807) is 19.1 Å². The van der Waals surface area contributed by atoms with Crippen LogP contribution in [-0.4, -0.2) is 57.3 Å². The second kappa shape index (κ2) is 11.1. The SMILES string of the molecule is CCCNC(=O)[C@@H](C)N(Cc1cccc(Br)c1)C(=O)CN(c1ccc2c(c1)OCO2)S(C)(=O)=O. The first-order valence-electron chi connectivity index (χ1n) is 10.8. The highest BCUT2D eigenvalue weighted by Gasteiger charge is 2.30. The molecule has 0 radical (unpaired) electrons. The van der Waals surface area contributed by atoms with Crippen molar-refractivity contribution < 1.29 is 27.5 Å². The van der Waals surface area contributed by atoms with Crippen LogP contribution in [-0.2, 0) is 26.2 Å². The Labute approximate surface area is 208 Å². The Bertz CT molecular complexity index is 1160. The summed E-state index contributed by atoms with van der Waals surface area (Å²) in [6, 6.07) is 11.2. The van der Waals surface area contributed by atoms with Crippen molar-refractivity contribution in [3.8, 4) is 11.5 Å². The van der Waals surface area contributed by atoms with Crippen LogP contribution in [0.3, 0.4) is 0 Å². The van der Waals surface area contributed by atoms with Gasteiger partial charge in [-0.1, -0.05) is 35.0 Å². The van der Waals surface area contributed by atoms with Crippen LogP contribution in [0.2, 0.25) is 0 Å². The topological polar surface area (TPSA) is 105 Å². The lowest BCUT2D eigenvalue weighted by atomic mass is 10.1. The van der Waals surface area contributed by atoms with Crippen LogP contribution in [0.15, 0.2) is 46.9 Å². The average Bonchev–Trinajstić information content (AvgIpc) is 3.26. The highest BCUT2D eigenvalue weighted by atomic mass is 79.9. The molecule has 3 rings (SSSR count). The molecule has 1 aliphatic heterocycles. The molecule has 0 spiro atoms. The number of fused-ring (bicyclic) bond motifs is 1. The second-order valence-corrected chi connectivity index (χ2v) is 10.7. The molecule has 2 amide bonds. The lowest BCUT2D eigenvalue weighted by Gasteiger charge is -2.31. The number of sulfonamides is 1. The summed E-state index contributed by atoms with van der Waals surface area (Å²) in [4.78, 5) is 27.6. The standard InChI is InChI=1S/C23H28BrN3O6S/c1-4-10-25-23(29)16(2)26(13-17-6-5-7-18(24)11-17)22(28)14-27(34(3,30)31)19-8-9-20-21(12-19)33-15-32-20/h5-9,11-12,16H,4,10,13-15H2,1-3H3,(H,25,29)/t16-/m1/s1. The first-order valence-corrected chi connectivity index (χ1v) is 13.4. The van der Waals surface area contributed by atoms with Crippen molar-refractivity contribution in [3.05, 3.63) is 52.5 Å². The number of ether oxygens (including phenoxy) is 2. The number of carbonyl (C=O) groups excluding carboxylic acids is 2. The summed E-state index contributed by atoms with van der Waals surface area (Å²) in [5.74, 6) is 0.0827. The van der Waals surface area contributed by atoms with Gasteiger partial charge in [0.1, 0.15) is 12.6 Å². The molecule has 0 saturated heterocycles. The van der Waals surface area contributed by atoms with Gasteiger partial charge < -0.3 is 19.7 Å². The number of carbonyl (C=O) groups is 2. The molecule has 11 heteroatoms. The zero-order valence-corrected chi connectivity index (χ0v) is 21.7. The Hall–Kier alpha value is -2.79. The number of benzene rings is 2. The van der Waals surface area contributed by atoms with Crippen molar-refractivity contribution in [2.75, 3.05) is 30.4 Å². The van der Waals surface area contributed by atoms with Crippen molar-refractivity contribution in [1.29, 1.82) is 0 Å². The Morgan fingerprint density at radius 2 is 1.88 bits per heavy atom. The maximum Gasteiger partial charge on any atom is 0.244 e. The molecule has 1 N–H and O–H groups in total. The van der Waals surface area contributed by atoms with Crippen LogP contribution in [0.4, 0.5) is 5.69 Å². The zero-order valence-electron chi connectivity index (χ0n) is 19.3. The number of hydrogen-bond donors (Lipinski definition) is 1. The third kappa shape index (κ3) is 6.41. The number of amides is 2. The fourth-order valence-electron chi connectivity index (χ4n) is 3.46. The summed E-state index contributed by atoms with van der Waals surface area (Å²) in [6.07, 6.45) is 1.78. The van der Waals surface area contributed by atoms with Crippen LogP contribution >= 0.6 is 15.9 Å². The number of halogens is 1. The molecule has 0 bridgehead atoms. The van der Waals surface area contributed by atoms with Crippen molar-refractivity contribution in [2.24, 2.45) is 0 Å². The van der Waals surface area contributed by atoms with Gasteiger partial charge in [-0.25, -0.2) is 8.42 Å². The molecule has 9 nitrogen and oxygen atoms in total. The van der Waals surface area contributed by atoms with Crippen LogP contribution in [0, 0.1) is 0 Å². The molecule has 2 aromatic rings. The molecule has 2 aromatic carbocycles. The van der Waals surface area contributed by atoms with E-state index in [2.05, 4.69) is 21.2 Å². The summed E-state index contributed by atoms with van der Waals surface area (Å²) in [5.41, 5.74) is 1.07. The highest BCUT2D eigenvalue weighted by Crippen LogP contribution is 2.36. The molecular weight excluding hydrogens is 526 g/mol. The first-order chi connectivity index (χ1) is 16.1. The molecule has 34 heavy (non-hydrogen) atoms. The van der Waals surface area contributed by atoms with Crippen LogP contribution < -0.4 is 19.1 Å². The minimum atomic E-state index is -3.82. The van der Waals surface area contributed by atoms with Gasteiger partial charge in [0, 0.05) is 23.6 Å². The predicted octanol–water partition coefficient (Wildman–Crippen LogP) is 2.89. The molecular formula is C23H28BrN3O6S. The molecule has 1 aliphatic rings. The van der Waals surface area contributed by atoms with Gasteiger partial charge >= 0.3 is 0 Å². The van der Waals surface area contributed by atoms with Crippen LogP contribution in [0.1, 0.15) is 25.8 Å². The minimum Gasteiger partial charge on any atom is -0.454 e. The number of rotatable bonds is 10. The Kier molecular flexibility index (Phi) is 8.42. The summed E-state index contributed by atoms with van der Waals surface area (Å²) in [5, 5.41) is 2.80. The van der Waals surface area contributed by atoms with Gasteiger partial charge in [-0.15, -0.1) is 0 Å². The Balaban J connectivity index is 1.90. The fraction of sp³-hybridized carbons (Fsp3) is 0.391. The van der Waals surface area contributed by atoms with Crippen LogP contribution in [0.25, 0.3) is 0 Å². The summed E-state index contributed by atoms with van der Waals surface area (Å²) in [6.45, 7) is 3.75. The van der Waals surface area contributed by atoms with E-state index in [1.807, 2.05) is 31.2 Å². The molecule has 0 saturated carbocycles. The molecule has 0 fully saturated rings. The van der Waals surface area contributed by atoms with Gasteiger partial charge in [0.15, 0.2) is 11.5 Å². The number of nitrogens with one attached hydrogen (secondary N) is 1. The fourth-order valence-corrected chi connectivity index (χ4v) is 4.75. The first kappa shape index (κ1) is 25.8. The van der Waals surface area contributed by atoms with Crippen molar-refractivity contribution in [2.45, 2.75) is 32.9 Å². The lowest BCUT2D eigenvalue weighted by molar-refractivity contribution is -0.139. The number of anilines is 1. The molecule has 0 unspecified atom stereocenters. The van der Waals surface area contributed by atoms with Gasteiger partial charge in [-0.05, 0) is 43.2 Å². The highest BCUT2D eigenvalue weighted by molar-refractivity contribution is 9.10.